The molecule has 0 radical (unpaired) electrons. The van der Waals surface area contributed by atoms with Gasteiger partial charge >= 0.3 is 0 Å². The molecule has 2 aliphatic rings. The highest BCUT2D eigenvalue weighted by molar-refractivity contribution is 5.78. The van der Waals surface area contributed by atoms with Gasteiger partial charge < -0.3 is 9.80 Å². The predicted molar refractivity (Wildman–Crippen MR) is 78.9 cm³/mol. The molecule has 1 N–H and O–H groups in total. The molecule has 1 aromatic heterocycles. The highest BCUT2D eigenvalue weighted by atomic mass is 16.2. The van der Waals surface area contributed by atoms with Crippen LogP contribution in [0.4, 0.5) is 0 Å². The number of rotatable bonds is 3. The van der Waals surface area contributed by atoms with Gasteiger partial charge in [-0.15, -0.1) is 0 Å². The van der Waals surface area contributed by atoms with Gasteiger partial charge in [-0.1, -0.05) is 0 Å². The highest BCUT2D eigenvalue weighted by Gasteiger charge is 2.26. The van der Waals surface area contributed by atoms with E-state index in [0.717, 1.165) is 57.9 Å². The van der Waals surface area contributed by atoms with Crippen molar-refractivity contribution in [3.8, 4) is 0 Å². The predicted octanol–water partition coefficient (Wildman–Crippen LogP) is -0.242. The zero-order valence-corrected chi connectivity index (χ0v) is 12.7. The van der Waals surface area contributed by atoms with Crippen LogP contribution in [0.1, 0.15) is 24.6 Å². The lowest BCUT2D eigenvalue weighted by Crippen LogP contribution is -2.51. The Kier molecular flexibility index (Phi) is 4.50. The number of piperidine rings is 1. The monoisotopic (exact) mass is 292 g/mol. The summed E-state index contributed by atoms with van der Waals surface area (Å²) in [5.41, 5.74) is 0. The Labute approximate surface area is 125 Å². The number of aromatic nitrogens is 3. The quantitative estimate of drug-likeness (QED) is 0.832. The van der Waals surface area contributed by atoms with E-state index in [-0.39, 0.29) is 5.91 Å². The summed E-state index contributed by atoms with van der Waals surface area (Å²) in [4.78, 5) is 23.2. The number of likely N-dealkylation sites (N-methyl/N-ethyl adjacent to an activating group) is 1. The third-order valence-electron chi connectivity index (χ3n) is 4.54. The van der Waals surface area contributed by atoms with Crippen LogP contribution in [0.2, 0.25) is 0 Å². The van der Waals surface area contributed by atoms with Gasteiger partial charge in [0.05, 0.1) is 6.54 Å². The van der Waals surface area contributed by atoms with Gasteiger partial charge in [0.2, 0.25) is 5.91 Å². The Balaban J connectivity index is 1.51. The highest BCUT2D eigenvalue weighted by Crippen LogP contribution is 2.23. The molecule has 2 aliphatic heterocycles. The van der Waals surface area contributed by atoms with Gasteiger partial charge in [-0.2, -0.15) is 5.10 Å². The summed E-state index contributed by atoms with van der Waals surface area (Å²) in [5, 5.41) is 6.89. The van der Waals surface area contributed by atoms with Gasteiger partial charge in [0.15, 0.2) is 0 Å². The SMILES string of the molecule is CN1CCN(C(=O)CN2CCCC(c3ncn[nH]3)C2)CC1. The van der Waals surface area contributed by atoms with Crippen molar-refractivity contribution < 1.29 is 4.79 Å². The van der Waals surface area contributed by atoms with E-state index >= 15 is 0 Å². The lowest BCUT2D eigenvalue weighted by molar-refractivity contribution is -0.134. The number of amides is 1. The minimum absolute atomic E-state index is 0.265. The second-order valence-corrected chi connectivity index (χ2v) is 6.13. The number of hydrogen-bond donors (Lipinski definition) is 1. The van der Waals surface area contributed by atoms with E-state index < -0.39 is 0 Å². The summed E-state index contributed by atoms with van der Waals surface area (Å²) in [6.45, 7) is 6.11. The first-order chi connectivity index (χ1) is 10.2. The van der Waals surface area contributed by atoms with E-state index in [1.54, 1.807) is 6.33 Å². The van der Waals surface area contributed by atoms with Crippen LogP contribution in [0.3, 0.4) is 0 Å². The lowest BCUT2D eigenvalue weighted by atomic mass is 9.97. The molecule has 7 nitrogen and oxygen atoms in total. The molecule has 1 unspecified atom stereocenters. The van der Waals surface area contributed by atoms with Crippen molar-refractivity contribution in [1.29, 1.82) is 0 Å². The number of carbonyl (C=O) groups excluding carboxylic acids is 1. The molecule has 7 heteroatoms. The van der Waals surface area contributed by atoms with Crippen molar-refractivity contribution in [2.45, 2.75) is 18.8 Å². The van der Waals surface area contributed by atoms with Crippen LogP contribution < -0.4 is 0 Å². The molecule has 0 bridgehead atoms. The molecule has 0 saturated carbocycles. The van der Waals surface area contributed by atoms with E-state index in [1.165, 1.54) is 0 Å². The summed E-state index contributed by atoms with van der Waals surface area (Å²) in [6, 6.07) is 0. The first kappa shape index (κ1) is 14.5. The van der Waals surface area contributed by atoms with Crippen LogP contribution in [-0.2, 0) is 4.79 Å². The summed E-state index contributed by atoms with van der Waals surface area (Å²) in [7, 11) is 2.11. The van der Waals surface area contributed by atoms with Crippen molar-refractivity contribution in [2.75, 3.05) is 52.9 Å². The van der Waals surface area contributed by atoms with Crippen molar-refractivity contribution in [3.05, 3.63) is 12.2 Å². The maximum absolute atomic E-state index is 12.4. The van der Waals surface area contributed by atoms with Crippen molar-refractivity contribution in [2.24, 2.45) is 0 Å². The van der Waals surface area contributed by atoms with Crippen molar-refractivity contribution >= 4 is 5.91 Å². The molecule has 116 valence electrons. The number of likely N-dealkylation sites (tertiary alicyclic amines) is 1. The van der Waals surface area contributed by atoms with Gasteiger partial charge in [-0.3, -0.25) is 14.8 Å². The molecule has 3 heterocycles. The fourth-order valence-corrected chi connectivity index (χ4v) is 3.18. The Morgan fingerprint density at radius 2 is 2.14 bits per heavy atom. The van der Waals surface area contributed by atoms with Crippen LogP contribution in [-0.4, -0.2) is 88.6 Å². The van der Waals surface area contributed by atoms with E-state index in [0.29, 0.717) is 12.5 Å². The molecule has 0 aliphatic carbocycles. The van der Waals surface area contributed by atoms with E-state index in [1.807, 2.05) is 4.90 Å². The summed E-state index contributed by atoms with van der Waals surface area (Å²) in [5.74, 6) is 1.59. The molecule has 1 atom stereocenters. The van der Waals surface area contributed by atoms with Gasteiger partial charge in [-0.25, -0.2) is 4.98 Å². The first-order valence-corrected chi connectivity index (χ1v) is 7.76. The second kappa shape index (κ2) is 6.53. The molecule has 1 aromatic rings. The van der Waals surface area contributed by atoms with E-state index in [2.05, 4.69) is 32.0 Å². The number of piperazine rings is 1. The minimum atomic E-state index is 0.265. The summed E-state index contributed by atoms with van der Waals surface area (Å²) in [6.07, 6.45) is 3.79. The molecule has 21 heavy (non-hydrogen) atoms. The van der Waals surface area contributed by atoms with Crippen molar-refractivity contribution in [3.63, 3.8) is 0 Å². The fraction of sp³-hybridized carbons (Fsp3) is 0.786. The molecule has 1 amide bonds. The number of H-pyrrole nitrogens is 1. The molecular weight excluding hydrogens is 268 g/mol. The summed E-state index contributed by atoms with van der Waals surface area (Å²) >= 11 is 0. The minimum Gasteiger partial charge on any atom is -0.339 e. The largest absolute Gasteiger partial charge is 0.339 e. The Morgan fingerprint density at radius 1 is 1.33 bits per heavy atom. The topological polar surface area (TPSA) is 68.4 Å². The van der Waals surface area contributed by atoms with Crippen LogP contribution >= 0.6 is 0 Å². The number of aromatic amines is 1. The van der Waals surface area contributed by atoms with Gasteiger partial charge in [0.1, 0.15) is 12.2 Å². The molecule has 3 rings (SSSR count). The fourth-order valence-electron chi connectivity index (χ4n) is 3.18. The van der Waals surface area contributed by atoms with E-state index in [9.17, 15) is 4.79 Å². The van der Waals surface area contributed by atoms with Crippen LogP contribution in [0, 0.1) is 0 Å². The number of carbonyl (C=O) groups is 1. The molecular formula is C14H24N6O. The standard InChI is InChI=1S/C14H24N6O/c1-18-5-7-20(8-6-18)13(21)10-19-4-2-3-12(9-19)14-15-11-16-17-14/h11-12H,2-10H2,1H3,(H,15,16,17). The van der Waals surface area contributed by atoms with Crippen LogP contribution in [0.15, 0.2) is 6.33 Å². The van der Waals surface area contributed by atoms with Crippen LogP contribution in [0.5, 0.6) is 0 Å². The normalized spacial score (nSPS) is 25.2. The third kappa shape index (κ3) is 3.59. The first-order valence-electron chi connectivity index (χ1n) is 7.76. The molecule has 2 fully saturated rings. The van der Waals surface area contributed by atoms with Gasteiger partial charge in [0.25, 0.3) is 0 Å². The van der Waals surface area contributed by atoms with Gasteiger partial charge in [-0.05, 0) is 26.4 Å². The average Bonchev–Trinajstić information content (AvgIpc) is 3.02. The number of hydrogen-bond acceptors (Lipinski definition) is 5. The molecule has 2 saturated heterocycles. The second-order valence-electron chi connectivity index (χ2n) is 6.13. The number of nitrogens with one attached hydrogen (secondary N) is 1. The Bertz CT molecular complexity index is 454. The smallest absolute Gasteiger partial charge is 0.236 e. The maximum atomic E-state index is 12.4. The Morgan fingerprint density at radius 3 is 2.86 bits per heavy atom. The Hall–Kier alpha value is -1.47. The maximum Gasteiger partial charge on any atom is 0.236 e. The third-order valence-corrected chi connectivity index (χ3v) is 4.54. The lowest BCUT2D eigenvalue weighted by Gasteiger charge is -2.36. The van der Waals surface area contributed by atoms with Crippen LogP contribution in [0.25, 0.3) is 0 Å². The number of nitrogens with zero attached hydrogens (tertiary/aromatic N) is 5. The molecule has 0 spiro atoms. The summed E-state index contributed by atoms with van der Waals surface area (Å²) < 4.78 is 0. The zero-order valence-electron chi connectivity index (χ0n) is 12.7. The zero-order chi connectivity index (χ0) is 14.7. The van der Waals surface area contributed by atoms with Gasteiger partial charge in [0, 0.05) is 38.6 Å². The van der Waals surface area contributed by atoms with Crippen molar-refractivity contribution in [1.82, 2.24) is 29.9 Å². The van der Waals surface area contributed by atoms with E-state index in [4.69, 9.17) is 0 Å². The molecule has 0 aromatic carbocycles. The average molecular weight is 292 g/mol.